The van der Waals surface area contributed by atoms with E-state index in [4.69, 9.17) is 5.26 Å². The van der Waals surface area contributed by atoms with Crippen LogP contribution in [0.1, 0.15) is 21.5 Å². The average Bonchev–Trinajstić information content (AvgIpc) is 2.43. The molecular formula is C15H10Br2N2O. The molecule has 0 heterocycles. The zero-order valence-electron chi connectivity index (χ0n) is 10.6. The fourth-order valence-electron chi connectivity index (χ4n) is 1.75. The first kappa shape index (κ1) is 14.8. The van der Waals surface area contributed by atoms with Gasteiger partial charge in [0.15, 0.2) is 0 Å². The van der Waals surface area contributed by atoms with Gasteiger partial charge in [-0.05, 0) is 42.8 Å². The van der Waals surface area contributed by atoms with Crippen LogP contribution >= 0.6 is 31.9 Å². The van der Waals surface area contributed by atoms with E-state index in [9.17, 15) is 4.79 Å². The molecule has 0 radical (unpaired) electrons. The molecule has 0 saturated carbocycles. The van der Waals surface area contributed by atoms with Crippen LogP contribution in [0.2, 0.25) is 0 Å². The minimum atomic E-state index is -0.234. The molecule has 1 N–H and O–H groups in total. The van der Waals surface area contributed by atoms with E-state index in [2.05, 4.69) is 43.2 Å². The van der Waals surface area contributed by atoms with Gasteiger partial charge in [0, 0.05) is 14.5 Å². The number of anilines is 1. The van der Waals surface area contributed by atoms with Crippen molar-refractivity contribution in [3.63, 3.8) is 0 Å². The lowest BCUT2D eigenvalue weighted by atomic mass is 10.1. The van der Waals surface area contributed by atoms with Gasteiger partial charge in [-0.15, -0.1) is 0 Å². The lowest BCUT2D eigenvalue weighted by Crippen LogP contribution is -2.14. The molecule has 0 saturated heterocycles. The molecule has 3 nitrogen and oxygen atoms in total. The second kappa shape index (κ2) is 6.21. The van der Waals surface area contributed by atoms with Crippen molar-refractivity contribution in [1.29, 1.82) is 5.26 Å². The first-order valence-corrected chi connectivity index (χ1v) is 7.37. The number of hydrogen-bond donors (Lipinski definition) is 1. The number of benzene rings is 2. The molecule has 1 amide bonds. The van der Waals surface area contributed by atoms with Crippen molar-refractivity contribution in [2.45, 2.75) is 6.92 Å². The first-order valence-electron chi connectivity index (χ1n) is 5.78. The maximum atomic E-state index is 12.3. The monoisotopic (exact) mass is 392 g/mol. The minimum absolute atomic E-state index is 0.234. The largest absolute Gasteiger partial charge is 0.321 e. The summed E-state index contributed by atoms with van der Waals surface area (Å²) in [6, 6.07) is 12.7. The van der Waals surface area contributed by atoms with E-state index in [1.807, 2.05) is 19.1 Å². The van der Waals surface area contributed by atoms with E-state index in [1.165, 1.54) is 0 Å². The molecular weight excluding hydrogens is 384 g/mol. The third-order valence-corrected chi connectivity index (χ3v) is 3.78. The smallest absolute Gasteiger partial charge is 0.256 e. The number of aryl methyl sites for hydroxylation is 1. The van der Waals surface area contributed by atoms with Gasteiger partial charge in [0.05, 0.1) is 11.3 Å². The molecule has 2 aromatic rings. The van der Waals surface area contributed by atoms with Crippen molar-refractivity contribution < 1.29 is 4.79 Å². The summed E-state index contributed by atoms with van der Waals surface area (Å²) in [6.45, 7) is 1.87. The number of hydrogen-bond acceptors (Lipinski definition) is 2. The van der Waals surface area contributed by atoms with Crippen LogP contribution in [-0.4, -0.2) is 5.91 Å². The lowest BCUT2D eigenvalue weighted by Gasteiger charge is -2.09. The van der Waals surface area contributed by atoms with Gasteiger partial charge in [-0.25, -0.2) is 0 Å². The van der Waals surface area contributed by atoms with Crippen LogP contribution in [0.3, 0.4) is 0 Å². The topological polar surface area (TPSA) is 52.9 Å². The normalized spacial score (nSPS) is 9.90. The van der Waals surface area contributed by atoms with Crippen molar-refractivity contribution >= 4 is 43.5 Å². The Kier molecular flexibility index (Phi) is 4.58. The van der Waals surface area contributed by atoms with Gasteiger partial charge >= 0.3 is 0 Å². The van der Waals surface area contributed by atoms with E-state index < -0.39 is 0 Å². The van der Waals surface area contributed by atoms with Crippen LogP contribution in [0.4, 0.5) is 5.69 Å². The Morgan fingerprint density at radius 2 is 1.80 bits per heavy atom. The number of nitriles is 1. The summed E-state index contributed by atoms with van der Waals surface area (Å²) in [4.78, 5) is 12.3. The van der Waals surface area contributed by atoms with Crippen molar-refractivity contribution in [2.24, 2.45) is 0 Å². The van der Waals surface area contributed by atoms with Crippen LogP contribution in [0.15, 0.2) is 45.3 Å². The lowest BCUT2D eigenvalue weighted by molar-refractivity contribution is 0.102. The van der Waals surface area contributed by atoms with Crippen LogP contribution in [0.25, 0.3) is 0 Å². The molecule has 20 heavy (non-hydrogen) atoms. The molecule has 0 aliphatic carbocycles. The van der Waals surface area contributed by atoms with Crippen LogP contribution in [-0.2, 0) is 0 Å². The van der Waals surface area contributed by atoms with Gasteiger partial charge in [0.1, 0.15) is 6.07 Å². The number of rotatable bonds is 2. The molecule has 100 valence electrons. The predicted molar refractivity (Wildman–Crippen MR) is 85.7 cm³/mol. The highest BCUT2D eigenvalue weighted by Gasteiger charge is 2.12. The zero-order chi connectivity index (χ0) is 14.7. The Labute approximate surface area is 133 Å². The second-order valence-electron chi connectivity index (χ2n) is 4.22. The van der Waals surface area contributed by atoms with Gasteiger partial charge in [-0.1, -0.05) is 37.9 Å². The minimum Gasteiger partial charge on any atom is -0.321 e. The molecule has 2 aromatic carbocycles. The number of nitrogens with one attached hydrogen (secondary N) is 1. The van der Waals surface area contributed by atoms with Gasteiger partial charge in [0.2, 0.25) is 0 Å². The molecule has 0 aromatic heterocycles. The highest BCUT2D eigenvalue weighted by Crippen LogP contribution is 2.22. The Balaban J connectivity index is 2.33. The maximum Gasteiger partial charge on any atom is 0.256 e. The highest BCUT2D eigenvalue weighted by molar-refractivity contribution is 9.10. The molecule has 0 aliphatic heterocycles. The van der Waals surface area contributed by atoms with Crippen molar-refractivity contribution in [2.75, 3.05) is 5.32 Å². The number of amides is 1. The second-order valence-corrected chi connectivity index (χ2v) is 6.05. The Morgan fingerprint density at radius 1 is 1.15 bits per heavy atom. The summed E-state index contributed by atoms with van der Waals surface area (Å²) < 4.78 is 1.63. The fourth-order valence-corrected chi connectivity index (χ4v) is 2.47. The summed E-state index contributed by atoms with van der Waals surface area (Å²) in [6.07, 6.45) is 0. The Hall–Kier alpha value is -1.64. The maximum absolute atomic E-state index is 12.3. The Bertz CT molecular complexity index is 720. The average molecular weight is 394 g/mol. The molecule has 2 rings (SSSR count). The predicted octanol–water partition coefficient (Wildman–Crippen LogP) is 4.64. The third-order valence-electron chi connectivity index (χ3n) is 2.79. The van der Waals surface area contributed by atoms with Gasteiger partial charge in [-0.2, -0.15) is 5.26 Å². The molecule has 5 heteroatoms. The molecule has 0 bridgehead atoms. The zero-order valence-corrected chi connectivity index (χ0v) is 13.7. The van der Waals surface area contributed by atoms with Crippen molar-refractivity contribution in [3.8, 4) is 6.07 Å². The molecule has 0 atom stereocenters. The Morgan fingerprint density at radius 3 is 2.50 bits per heavy atom. The van der Waals surface area contributed by atoms with E-state index in [1.54, 1.807) is 24.3 Å². The van der Waals surface area contributed by atoms with Crippen LogP contribution in [0, 0.1) is 18.3 Å². The quantitative estimate of drug-likeness (QED) is 0.807. The first-order chi connectivity index (χ1) is 9.51. The number of nitrogens with zero attached hydrogens (tertiary/aromatic N) is 1. The van der Waals surface area contributed by atoms with E-state index in [0.29, 0.717) is 16.8 Å². The van der Waals surface area contributed by atoms with Crippen molar-refractivity contribution in [3.05, 3.63) is 62.0 Å². The molecule has 0 fully saturated rings. The van der Waals surface area contributed by atoms with Gasteiger partial charge in [0.25, 0.3) is 5.91 Å². The molecule has 0 unspecified atom stereocenters. The van der Waals surface area contributed by atoms with Gasteiger partial charge in [-0.3, -0.25) is 4.79 Å². The fraction of sp³-hybridized carbons (Fsp3) is 0.0667. The number of halogens is 2. The summed E-state index contributed by atoms with van der Waals surface area (Å²) >= 11 is 6.65. The SMILES string of the molecule is Cc1ccc(Br)cc1C(=O)Nc1ccc(Br)cc1C#N. The third kappa shape index (κ3) is 3.27. The van der Waals surface area contributed by atoms with Gasteiger partial charge < -0.3 is 5.32 Å². The molecule has 0 aliphatic rings. The van der Waals surface area contributed by atoms with Crippen LogP contribution in [0.5, 0.6) is 0 Å². The highest BCUT2D eigenvalue weighted by atomic mass is 79.9. The standard InChI is InChI=1S/C15H10Br2N2O/c1-9-2-3-12(17)7-13(9)15(20)19-14-5-4-11(16)6-10(14)8-18/h2-7H,1H3,(H,19,20). The summed E-state index contributed by atoms with van der Waals surface area (Å²) in [5.41, 5.74) is 2.37. The van der Waals surface area contributed by atoms with E-state index in [-0.39, 0.29) is 5.91 Å². The van der Waals surface area contributed by atoms with E-state index in [0.717, 1.165) is 14.5 Å². The number of carbonyl (C=O) groups excluding carboxylic acids is 1. The van der Waals surface area contributed by atoms with E-state index >= 15 is 0 Å². The van der Waals surface area contributed by atoms with Crippen LogP contribution < -0.4 is 5.32 Å². The summed E-state index contributed by atoms with van der Waals surface area (Å²) in [5, 5.41) is 11.9. The number of carbonyl (C=O) groups is 1. The van der Waals surface area contributed by atoms with Crippen molar-refractivity contribution in [1.82, 2.24) is 0 Å². The molecule has 0 spiro atoms. The summed E-state index contributed by atoms with van der Waals surface area (Å²) in [7, 11) is 0. The summed E-state index contributed by atoms with van der Waals surface area (Å²) in [5.74, 6) is -0.234.